The van der Waals surface area contributed by atoms with E-state index in [-0.39, 0.29) is 0 Å². The predicted octanol–water partition coefficient (Wildman–Crippen LogP) is 1.12. The third-order valence-electron chi connectivity index (χ3n) is 2.88. The summed E-state index contributed by atoms with van der Waals surface area (Å²) in [6.45, 7) is 6.73. The van der Waals surface area contributed by atoms with Gasteiger partial charge in [0.2, 0.25) is 0 Å². The molecule has 1 aliphatic rings. The van der Waals surface area contributed by atoms with Crippen LogP contribution in [0, 0.1) is 17.8 Å². The predicted molar refractivity (Wildman–Crippen MR) is 52.6 cm³/mol. The second kappa shape index (κ2) is 4.06. The third kappa shape index (κ3) is 2.32. The Morgan fingerprint density at radius 2 is 2.25 bits per heavy atom. The summed E-state index contributed by atoms with van der Waals surface area (Å²) in [6.07, 6.45) is 4.32. The fourth-order valence-corrected chi connectivity index (χ4v) is 1.80. The summed E-state index contributed by atoms with van der Waals surface area (Å²) >= 11 is 0. The van der Waals surface area contributed by atoms with Gasteiger partial charge < -0.3 is 11.5 Å². The van der Waals surface area contributed by atoms with Crippen molar-refractivity contribution >= 4 is 0 Å². The minimum absolute atomic E-state index is 0.426. The molecule has 0 aliphatic heterocycles. The van der Waals surface area contributed by atoms with E-state index in [1.807, 2.05) is 6.08 Å². The van der Waals surface area contributed by atoms with E-state index in [1.54, 1.807) is 0 Å². The Morgan fingerprint density at radius 3 is 2.58 bits per heavy atom. The van der Waals surface area contributed by atoms with Crippen molar-refractivity contribution in [3.63, 3.8) is 0 Å². The molecule has 1 fully saturated rings. The summed E-state index contributed by atoms with van der Waals surface area (Å²) in [4.78, 5) is 0. The number of rotatable bonds is 5. The second-order valence-corrected chi connectivity index (χ2v) is 4.01. The van der Waals surface area contributed by atoms with E-state index < -0.39 is 0 Å². The topological polar surface area (TPSA) is 52.0 Å². The fourth-order valence-electron chi connectivity index (χ4n) is 1.80. The zero-order valence-electron chi connectivity index (χ0n) is 7.87. The van der Waals surface area contributed by atoms with Crippen molar-refractivity contribution in [2.75, 3.05) is 6.54 Å². The quantitative estimate of drug-likeness (QED) is 0.604. The maximum Gasteiger partial charge on any atom is 0.00741 e. The lowest BCUT2D eigenvalue weighted by molar-refractivity contribution is 0.389. The van der Waals surface area contributed by atoms with Crippen LogP contribution in [0.25, 0.3) is 0 Å². The maximum absolute atomic E-state index is 5.78. The molecule has 0 radical (unpaired) electrons. The Kier molecular flexibility index (Phi) is 3.29. The Bertz CT molecular complexity index is 156. The average molecular weight is 168 g/mol. The molecule has 0 aromatic carbocycles. The smallest absolute Gasteiger partial charge is 0.00741 e. The van der Waals surface area contributed by atoms with Gasteiger partial charge in [-0.15, -0.1) is 6.58 Å². The summed E-state index contributed by atoms with van der Waals surface area (Å²) in [5, 5.41) is 0. The van der Waals surface area contributed by atoms with Gasteiger partial charge >= 0.3 is 0 Å². The molecule has 1 aliphatic carbocycles. The summed E-state index contributed by atoms with van der Waals surface area (Å²) < 4.78 is 0. The third-order valence-corrected chi connectivity index (χ3v) is 2.88. The molecule has 0 saturated heterocycles. The number of hydrogen-bond donors (Lipinski definition) is 2. The first-order valence-corrected chi connectivity index (χ1v) is 4.77. The van der Waals surface area contributed by atoms with Gasteiger partial charge in [-0.05, 0) is 37.1 Å². The van der Waals surface area contributed by atoms with Crippen LogP contribution in [0.5, 0.6) is 0 Å². The summed E-state index contributed by atoms with van der Waals surface area (Å²) in [5.41, 5.74) is 11.5. The highest BCUT2D eigenvalue weighted by molar-refractivity contribution is 4.96. The summed E-state index contributed by atoms with van der Waals surface area (Å²) in [6, 6.07) is 0.426. The maximum atomic E-state index is 5.78. The molecule has 12 heavy (non-hydrogen) atoms. The zero-order chi connectivity index (χ0) is 9.14. The van der Waals surface area contributed by atoms with Gasteiger partial charge in [-0.3, -0.25) is 0 Å². The standard InChI is InChI=1S/C10H20N2/c1-3-7(2)4-8(6-11)9-5-10(9)12/h3,7-10H,1,4-6,11-12H2,2H3/t7?,8?,9?,10-/m0/s1. The van der Waals surface area contributed by atoms with Crippen molar-refractivity contribution in [3.05, 3.63) is 12.7 Å². The lowest BCUT2D eigenvalue weighted by Gasteiger charge is -2.16. The Hall–Kier alpha value is -0.340. The molecule has 0 spiro atoms. The molecule has 0 aromatic rings. The molecule has 2 heteroatoms. The minimum atomic E-state index is 0.426. The van der Waals surface area contributed by atoms with E-state index in [0.29, 0.717) is 23.8 Å². The summed E-state index contributed by atoms with van der Waals surface area (Å²) in [5.74, 6) is 1.89. The van der Waals surface area contributed by atoms with Crippen LogP contribution in [0.15, 0.2) is 12.7 Å². The Balaban J connectivity index is 2.30. The molecule has 2 nitrogen and oxygen atoms in total. The van der Waals surface area contributed by atoms with Gasteiger partial charge in [-0.25, -0.2) is 0 Å². The van der Waals surface area contributed by atoms with Crippen molar-refractivity contribution in [1.29, 1.82) is 0 Å². The molecule has 0 heterocycles. The van der Waals surface area contributed by atoms with Crippen LogP contribution < -0.4 is 11.5 Å². The second-order valence-electron chi connectivity index (χ2n) is 4.01. The highest BCUT2D eigenvalue weighted by atomic mass is 14.8. The van der Waals surface area contributed by atoms with Gasteiger partial charge in [0.25, 0.3) is 0 Å². The van der Waals surface area contributed by atoms with Gasteiger partial charge in [0.1, 0.15) is 0 Å². The van der Waals surface area contributed by atoms with Gasteiger partial charge in [-0.2, -0.15) is 0 Å². The van der Waals surface area contributed by atoms with E-state index in [9.17, 15) is 0 Å². The van der Waals surface area contributed by atoms with Crippen LogP contribution >= 0.6 is 0 Å². The van der Waals surface area contributed by atoms with Crippen molar-refractivity contribution in [1.82, 2.24) is 0 Å². The molecule has 4 atom stereocenters. The van der Waals surface area contributed by atoms with Crippen LogP contribution in [0.2, 0.25) is 0 Å². The molecule has 0 amide bonds. The highest BCUT2D eigenvalue weighted by Crippen LogP contribution is 2.38. The van der Waals surface area contributed by atoms with Crippen LogP contribution in [0.3, 0.4) is 0 Å². The highest BCUT2D eigenvalue weighted by Gasteiger charge is 2.39. The number of allylic oxidation sites excluding steroid dienone is 1. The first-order valence-electron chi connectivity index (χ1n) is 4.77. The van der Waals surface area contributed by atoms with Gasteiger partial charge in [-0.1, -0.05) is 13.0 Å². The number of nitrogens with two attached hydrogens (primary N) is 2. The van der Waals surface area contributed by atoms with E-state index in [2.05, 4.69) is 13.5 Å². The largest absolute Gasteiger partial charge is 0.330 e. The normalized spacial score (nSPS) is 32.6. The monoisotopic (exact) mass is 168 g/mol. The molecule has 3 unspecified atom stereocenters. The Labute approximate surface area is 75.0 Å². The molecule has 0 aromatic heterocycles. The molecule has 4 N–H and O–H groups in total. The summed E-state index contributed by atoms with van der Waals surface area (Å²) in [7, 11) is 0. The van der Waals surface area contributed by atoms with E-state index in [4.69, 9.17) is 11.5 Å². The number of hydrogen-bond acceptors (Lipinski definition) is 2. The first-order chi connectivity index (χ1) is 5.69. The van der Waals surface area contributed by atoms with Crippen LogP contribution in [-0.2, 0) is 0 Å². The molecule has 70 valence electrons. The van der Waals surface area contributed by atoms with Crippen LogP contribution in [-0.4, -0.2) is 12.6 Å². The first kappa shape index (κ1) is 9.75. The van der Waals surface area contributed by atoms with Gasteiger partial charge in [0.05, 0.1) is 0 Å². The fraction of sp³-hybridized carbons (Fsp3) is 0.800. The van der Waals surface area contributed by atoms with Gasteiger partial charge in [0, 0.05) is 6.04 Å². The van der Waals surface area contributed by atoms with Crippen molar-refractivity contribution < 1.29 is 0 Å². The lowest BCUT2D eigenvalue weighted by Crippen LogP contribution is -2.21. The van der Waals surface area contributed by atoms with E-state index in [0.717, 1.165) is 13.0 Å². The Morgan fingerprint density at radius 1 is 1.67 bits per heavy atom. The van der Waals surface area contributed by atoms with Crippen LogP contribution in [0.1, 0.15) is 19.8 Å². The lowest BCUT2D eigenvalue weighted by atomic mass is 9.92. The van der Waals surface area contributed by atoms with Crippen molar-refractivity contribution in [2.45, 2.75) is 25.8 Å². The molecular formula is C10H20N2. The van der Waals surface area contributed by atoms with Crippen molar-refractivity contribution in [2.24, 2.45) is 29.2 Å². The van der Waals surface area contributed by atoms with Gasteiger partial charge in [0.15, 0.2) is 0 Å². The molecular weight excluding hydrogens is 148 g/mol. The van der Waals surface area contributed by atoms with Crippen LogP contribution in [0.4, 0.5) is 0 Å². The molecule has 1 rings (SSSR count). The van der Waals surface area contributed by atoms with Crippen molar-refractivity contribution in [3.8, 4) is 0 Å². The molecule has 1 saturated carbocycles. The van der Waals surface area contributed by atoms with E-state index in [1.165, 1.54) is 6.42 Å². The average Bonchev–Trinajstić information content (AvgIpc) is 2.77. The zero-order valence-corrected chi connectivity index (χ0v) is 7.87. The molecule has 0 bridgehead atoms. The minimum Gasteiger partial charge on any atom is -0.330 e. The SMILES string of the molecule is C=CC(C)CC(CN)C1C[C@@H]1N. The van der Waals surface area contributed by atoms with E-state index >= 15 is 0 Å².